The fraction of sp³-hybridized carbons (Fsp3) is 0.222. The summed E-state index contributed by atoms with van der Waals surface area (Å²) in [4.78, 5) is 11.3. The maximum Gasteiger partial charge on any atom is 0.260 e. The smallest absolute Gasteiger partial charge is 0.260 e. The predicted molar refractivity (Wildman–Crippen MR) is 52.3 cm³/mol. The summed E-state index contributed by atoms with van der Waals surface area (Å²) >= 11 is 3.29. The molecule has 68 valence electrons. The number of benzene rings is 1. The number of nitrogens with one attached hydrogen (secondary N) is 1. The first-order valence-electron chi connectivity index (χ1n) is 3.85. The molecule has 0 radical (unpaired) electrons. The number of rotatable bonds is 0. The van der Waals surface area contributed by atoms with Gasteiger partial charge in [0.25, 0.3) is 5.91 Å². The fourth-order valence-electron chi connectivity index (χ4n) is 1.39. The number of fused-ring (bicyclic) bond motifs is 1. The van der Waals surface area contributed by atoms with E-state index >= 15 is 0 Å². The number of carbonyl (C=O) groups is 1. The normalized spacial score (nSPS) is 25.6. The average Bonchev–Trinajstić information content (AvgIpc) is 2.27. The average molecular weight is 242 g/mol. The van der Waals surface area contributed by atoms with Crippen molar-refractivity contribution in [3.63, 3.8) is 0 Å². The van der Waals surface area contributed by atoms with Crippen molar-refractivity contribution in [1.29, 1.82) is 0 Å². The quantitative estimate of drug-likeness (QED) is 0.726. The van der Waals surface area contributed by atoms with Gasteiger partial charge in [-0.05, 0) is 25.1 Å². The van der Waals surface area contributed by atoms with Crippen molar-refractivity contribution in [3.8, 4) is 0 Å². The molecule has 0 aliphatic carbocycles. The Morgan fingerprint density at radius 2 is 2.23 bits per heavy atom. The van der Waals surface area contributed by atoms with Crippen LogP contribution in [0, 0.1) is 0 Å². The zero-order valence-corrected chi connectivity index (χ0v) is 8.55. The highest BCUT2D eigenvalue weighted by molar-refractivity contribution is 9.10. The standard InChI is InChI=1S/C9H8BrNO2/c1-9(13)6-4-5(10)2-3-7(6)11-8(9)12/h2-4,13H,1H3,(H,11,12)/t9-/m1/s1. The number of hydrogen-bond donors (Lipinski definition) is 2. The van der Waals surface area contributed by atoms with Gasteiger partial charge in [0.2, 0.25) is 0 Å². The Kier molecular flexibility index (Phi) is 1.72. The van der Waals surface area contributed by atoms with Gasteiger partial charge in [0.15, 0.2) is 5.60 Å². The van der Waals surface area contributed by atoms with Crippen LogP contribution in [0.25, 0.3) is 0 Å². The molecule has 0 saturated heterocycles. The third-order valence-electron chi connectivity index (χ3n) is 2.20. The second-order valence-electron chi connectivity index (χ2n) is 3.22. The molecule has 1 aromatic carbocycles. The van der Waals surface area contributed by atoms with Crippen molar-refractivity contribution < 1.29 is 9.90 Å². The van der Waals surface area contributed by atoms with Crippen LogP contribution < -0.4 is 5.32 Å². The SMILES string of the molecule is C[C@]1(O)C(=O)Nc2ccc(Br)cc21. The number of anilines is 1. The monoisotopic (exact) mass is 241 g/mol. The summed E-state index contributed by atoms with van der Waals surface area (Å²) in [5.74, 6) is -0.374. The molecule has 0 saturated carbocycles. The van der Waals surface area contributed by atoms with Crippen LogP contribution in [0.4, 0.5) is 5.69 Å². The molecule has 2 N–H and O–H groups in total. The van der Waals surface area contributed by atoms with E-state index in [1.807, 2.05) is 6.07 Å². The van der Waals surface area contributed by atoms with E-state index in [9.17, 15) is 9.90 Å². The van der Waals surface area contributed by atoms with Gasteiger partial charge in [-0.15, -0.1) is 0 Å². The molecule has 0 bridgehead atoms. The van der Waals surface area contributed by atoms with Crippen molar-refractivity contribution in [2.75, 3.05) is 5.32 Å². The van der Waals surface area contributed by atoms with Crippen molar-refractivity contribution >= 4 is 27.5 Å². The molecule has 0 spiro atoms. The highest BCUT2D eigenvalue weighted by atomic mass is 79.9. The van der Waals surface area contributed by atoms with E-state index in [0.717, 1.165) is 4.47 Å². The summed E-state index contributed by atoms with van der Waals surface area (Å²) in [6.45, 7) is 1.49. The van der Waals surface area contributed by atoms with Gasteiger partial charge >= 0.3 is 0 Å². The third kappa shape index (κ3) is 1.17. The van der Waals surface area contributed by atoms with Crippen molar-refractivity contribution in [1.82, 2.24) is 0 Å². The molecule has 13 heavy (non-hydrogen) atoms. The van der Waals surface area contributed by atoms with E-state index in [1.54, 1.807) is 12.1 Å². The van der Waals surface area contributed by atoms with Gasteiger partial charge in [0, 0.05) is 15.7 Å². The van der Waals surface area contributed by atoms with Crippen LogP contribution in [0.2, 0.25) is 0 Å². The first kappa shape index (κ1) is 8.72. The lowest BCUT2D eigenvalue weighted by Gasteiger charge is -2.13. The predicted octanol–water partition coefficient (Wildman–Crippen LogP) is 1.61. The van der Waals surface area contributed by atoms with Gasteiger partial charge in [-0.25, -0.2) is 0 Å². The highest BCUT2D eigenvalue weighted by Crippen LogP contribution is 2.36. The van der Waals surface area contributed by atoms with Crippen molar-refractivity contribution in [2.45, 2.75) is 12.5 Å². The molecule has 4 heteroatoms. The van der Waals surface area contributed by atoms with Gasteiger partial charge in [-0.3, -0.25) is 4.79 Å². The van der Waals surface area contributed by atoms with Crippen LogP contribution in [0.15, 0.2) is 22.7 Å². The van der Waals surface area contributed by atoms with Gasteiger partial charge in [-0.2, -0.15) is 0 Å². The first-order valence-corrected chi connectivity index (χ1v) is 4.65. The number of halogens is 1. The largest absolute Gasteiger partial charge is 0.375 e. The van der Waals surface area contributed by atoms with E-state index in [1.165, 1.54) is 6.92 Å². The lowest BCUT2D eigenvalue weighted by molar-refractivity contribution is -0.131. The van der Waals surface area contributed by atoms with Crippen molar-refractivity contribution in [3.05, 3.63) is 28.2 Å². The van der Waals surface area contributed by atoms with Gasteiger partial charge < -0.3 is 10.4 Å². The van der Waals surface area contributed by atoms with Crippen LogP contribution in [0.5, 0.6) is 0 Å². The summed E-state index contributed by atoms with van der Waals surface area (Å²) in [6.07, 6.45) is 0. The second kappa shape index (κ2) is 2.56. The second-order valence-corrected chi connectivity index (χ2v) is 4.13. The first-order chi connectivity index (χ1) is 6.01. The Morgan fingerprint density at radius 3 is 2.92 bits per heavy atom. The lowest BCUT2D eigenvalue weighted by atomic mass is 9.98. The van der Waals surface area contributed by atoms with E-state index in [0.29, 0.717) is 11.3 Å². The molecule has 1 heterocycles. The van der Waals surface area contributed by atoms with Crippen molar-refractivity contribution in [2.24, 2.45) is 0 Å². The molecule has 1 amide bonds. The van der Waals surface area contributed by atoms with Gasteiger partial charge in [0.05, 0.1) is 0 Å². The number of hydrogen-bond acceptors (Lipinski definition) is 2. The van der Waals surface area contributed by atoms with Crippen LogP contribution in [-0.2, 0) is 10.4 Å². The molecular formula is C9H8BrNO2. The third-order valence-corrected chi connectivity index (χ3v) is 2.69. The highest BCUT2D eigenvalue weighted by Gasteiger charge is 2.40. The minimum absolute atomic E-state index is 0.374. The summed E-state index contributed by atoms with van der Waals surface area (Å²) in [5.41, 5.74) is -0.107. The molecular weight excluding hydrogens is 234 g/mol. The molecule has 0 aromatic heterocycles. The zero-order valence-electron chi connectivity index (χ0n) is 6.97. The molecule has 3 nitrogen and oxygen atoms in total. The van der Waals surface area contributed by atoms with Crippen LogP contribution in [-0.4, -0.2) is 11.0 Å². The van der Waals surface area contributed by atoms with E-state index in [-0.39, 0.29) is 5.91 Å². The molecule has 0 unspecified atom stereocenters. The maximum atomic E-state index is 11.3. The number of amides is 1. The Bertz CT molecular complexity index is 387. The molecule has 0 fully saturated rings. The summed E-state index contributed by atoms with van der Waals surface area (Å²) in [6, 6.07) is 5.33. The van der Waals surface area contributed by atoms with E-state index in [4.69, 9.17) is 0 Å². The van der Waals surface area contributed by atoms with Gasteiger partial charge in [-0.1, -0.05) is 15.9 Å². The van der Waals surface area contributed by atoms with Gasteiger partial charge in [0.1, 0.15) is 0 Å². The topological polar surface area (TPSA) is 49.3 Å². The Hall–Kier alpha value is -0.870. The van der Waals surface area contributed by atoms with Crippen LogP contribution in [0.3, 0.4) is 0 Å². The summed E-state index contributed by atoms with van der Waals surface area (Å²) in [5, 5.41) is 12.4. The Morgan fingerprint density at radius 1 is 1.54 bits per heavy atom. The molecule has 1 aromatic rings. The maximum absolute atomic E-state index is 11.3. The Labute approximate surface area is 83.9 Å². The van der Waals surface area contributed by atoms with E-state index < -0.39 is 5.60 Å². The summed E-state index contributed by atoms with van der Waals surface area (Å²) in [7, 11) is 0. The molecule has 1 aliphatic rings. The summed E-state index contributed by atoms with van der Waals surface area (Å²) < 4.78 is 0.850. The Balaban J connectivity index is 2.64. The molecule has 1 atom stereocenters. The number of aliphatic hydroxyl groups is 1. The number of carbonyl (C=O) groups excluding carboxylic acids is 1. The zero-order chi connectivity index (χ0) is 9.64. The fourth-order valence-corrected chi connectivity index (χ4v) is 1.76. The molecule has 2 rings (SSSR count). The van der Waals surface area contributed by atoms with E-state index in [2.05, 4.69) is 21.2 Å². The minimum Gasteiger partial charge on any atom is -0.375 e. The van der Waals surface area contributed by atoms with Crippen LogP contribution in [0.1, 0.15) is 12.5 Å². The minimum atomic E-state index is -1.40. The lowest BCUT2D eigenvalue weighted by Crippen LogP contribution is -2.30. The molecule has 1 aliphatic heterocycles. The van der Waals surface area contributed by atoms with Crippen LogP contribution >= 0.6 is 15.9 Å².